The van der Waals surface area contributed by atoms with E-state index in [0.29, 0.717) is 29.0 Å². The molecule has 0 spiro atoms. The lowest BCUT2D eigenvalue weighted by Gasteiger charge is -2.29. The zero-order chi connectivity index (χ0) is 23.7. The van der Waals surface area contributed by atoms with Gasteiger partial charge in [-0.15, -0.1) is 5.10 Å². The summed E-state index contributed by atoms with van der Waals surface area (Å²) < 4.78 is 1.80. The van der Waals surface area contributed by atoms with E-state index in [1.807, 2.05) is 43.3 Å². The third kappa shape index (κ3) is 4.08. The Kier molecular flexibility index (Phi) is 5.67. The maximum Gasteiger partial charge on any atom is 0.255 e. The number of amides is 1. The smallest absolute Gasteiger partial charge is 0.255 e. The largest absolute Gasteiger partial charge is 0.328 e. The van der Waals surface area contributed by atoms with Crippen molar-refractivity contribution >= 4 is 17.5 Å². The Balaban J connectivity index is 1.60. The van der Waals surface area contributed by atoms with E-state index in [-0.39, 0.29) is 5.91 Å². The first kappa shape index (κ1) is 21.6. The second-order valence-corrected chi connectivity index (χ2v) is 8.65. The molecule has 1 amide bonds. The Hall–Kier alpha value is -4.26. The molecule has 2 N–H and O–H groups in total. The summed E-state index contributed by atoms with van der Waals surface area (Å²) in [6.07, 6.45) is 3.30. The van der Waals surface area contributed by atoms with Crippen molar-refractivity contribution in [1.29, 1.82) is 0 Å². The number of nitrogens with one attached hydrogen (secondary N) is 2. The third-order valence-corrected chi connectivity index (χ3v) is 5.97. The number of fused-ring (bicyclic) bond motifs is 1. The standard InChI is InChI=1S/C27H26N6O/c1-17(2)19-11-13-20(14-12-19)24-23(26(34)30-22-10-7-15-28-16-22)18(3)29-27-31-25(32-33(24)27)21-8-5-4-6-9-21/h4-17,24H,1-3H3,(H,30,34)(H,29,31,32). The highest BCUT2D eigenvalue weighted by Gasteiger charge is 2.34. The lowest BCUT2D eigenvalue weighted by Crippen LogP contribution is -2.31. The number of hydrogen-bond donors (Lipinski definition) is 2. The topological polar surface area (TPSA) is 84.7 Å². The fraction of sp³-hybridized carbons (Fsp3) is 0.185. The van der Waals surface area contributed by atoms with E-state index >= 15 is 0 Å². The summed E-state index contributed by atoms with van der Waals surface area (Å²) >= 11 is 0. The van der Waals surface area contributed by atoms with Crippen molar-refractivity contribution in [1.82, 2.24) is 19.7 Å². The van der Waals surface area contributed by atoms with Gasteiger partial charge in [0.2, 0.25) is 5.95 Å². The highest BCUT2D eigenvalue weighted by Crippen LogP contribution is 2.37. The first-order valence-corrected chi connectivity index (χ1v) is 11.3. The molecule has 4 aromatic rings. The van der Waals surface area contributed by atoms with Crippen LogP contribution in [0.15, 0.2) is 90.4 Å². The lowest BCUT2D eigenvalue weighted by molar-refractivity contribution is -0.113. The average molecular weight is 451 g/mol. The maximum absolute atomic E-state index is 13.5. The third-order valence-electron chi connectivity index (χ3n) is 5.97. The van der Waals surface area contributed by atoms with Gasteiger partial charge < -0.3 is 10.6 Å². The van der Waals surface area contributed by atoms with Gasteiger partial charge in [0.05, 0.1) is 17.5 Å². The van der Waals surface area contributed by atoms with Gasteiger partial charge in [-0.2, -0.15) is 4.98 Å². The molecule has 1 aliphatic rings. The van der Waals surface area contributed by atoms with E-state index in [2.05, 4.69) is 53.7 Å². The van der Waals surface area contributed by atoms with E-state index in [1.54, 1.807) is 23.1 Å². The molecule has 0 saturated carbocycles. The molecule has 5 rings (SSSR count). The van der Waals surface area contributed by atoms with Gasteiger partial charge in [0.15, 0.2) is 5.82 Å². The molecule has 170 valence electrons. The number of pyridine rings is 1. The number of hydrogen-bond acceptors (Lipinski definition) is 5. The Labute approximate surface area is 198 Å². The number of carbonyl (C=O) groups is 1. The van der Waals surface area contributed by atoms with Gasteiger partial charge in [0, 0.05) is 17.5 Å². The number of benzene rings is 2. The number of carbonyl (C=O) groups excluding carboxylic acids is 1. The van der Waals surface area contributed by atoms with E-state index in [0.717, 1.165) is 16.8 Å². The molecule has 2 aromatic carbocycles. The van der Waals surface area contributed by atoms with Gasteiger partial charge in [0.1, 0.15) is 6.04 Å². The fourth-order valence-corrected chi connectivity index (χ4v) is 4.16. The van der Waals surface area contributed by atoms with Gasteiger partial charge in [0.25, 0.3) is 5.91 Å². The van der Waals surface area contributed by atoms with Gasteiger partial charge in [-0.3, -0.25) is 9.78 Å². The number of nitrogens with zero attached hydrogens (tertiary/aromatic N) is 4. The van der Waals surface area contributed by atoms with Crippen LogP contribution in [-0.2, 0) is 4.79 Å². The van der Waals surface area contributed by atoms with Crippen molar-refractivity contribution in [3.63, 3.8) is 0 Å². The fourth-order valence-electron chi connectivity index (χ4n) is 4.16. The van der Waals surface area contributed by atoms with Gasteiger partial charge in [-0.1, -0.05) is 68.4 Å². The molecule has 1 unspecified atom stereocenters. The van der Waals surface area contributed by atoms with Crippen molar-refractivity contribution in [3.05, 3.63) is 102 Å². The van der Waals surface area contributed by atoms with Gasteiger partial charge >= 0.3 is 0 Å². The normalized spacial score (nSPS) is 15.1. The van der Waals surface area contributed by atoms with Crippen LogP contribution in [0.1, 0.15) is 43.9 Å². The average Bonchev–Trinajstić information content (AvgIpc) is 3.28. The second-order valence-electron chi connectivity index (χ2n) is 8.65. The van der Waals surface area contributed by atoms with E-state index in [1.165, 1.54) is 5.56 Å². The second kappa shape index (κ2) is 8.94. The van der Waals surface area contributed by atoms with E-state index < -0.39 is 6.04 Å². The molecule has 0 fully saturated rings. The van der Waals surface area contributed by atoms with Crippen LogP contribution in [0.25, 0.3) is 11.4 Å². The van der Waals surface area contributed by atoms with Crippen molar-refractivity contribution in [2.45, 2.75) is 32.7 Å². The van der Waals surface area contributed by atoms with E-state index in [9.17, 15) is 4.79 Å². The first-order chi connectivity index (χ1) is 16.5. The molecule has 1 atom stereocenters. The summed E-state index contributed by atoms with van der Waals surface area (Å²) in [4.78, 5) is 22.4. The summed E-state index contributed by atoms with van der Waals surface area (Å²) in [5, 5.41) is 11.1. The zero-order valence-corrected chi connectivity index (χ0v) is 19.4. The van der Waals surface area contributed by atoms with Crippen LogP contribution in [0.5, 0.6) is 0 Å². The summed E-state index contributed by atoms with van der Waals surface area (Å²) in [6.45, 7) is 6.23. The van der Waals surface area contributed by atoms with Crippen LogP contribution in [-0.4, -0.2) is 25.7 Å². The molecule has 0 bridgehead atoms. The SMILES string of the molecule is CC1=C(C(=O)Nc2cccnc2)C(c2ccc(C(C)C)cc2)n2nc(-c3ccccc3)nc2N1. The van der Waals surface area contributed by atoms with Gasteiger partial charge in [-0.05, 0) is 36.1 Å². The minimum Gasteiger partial charge on any atom is -0.328 e. The number of anilines is 2. The van der Waals surface area contributed by atoms with E-state index in [4.69, 9.17) is 10.1 Å². The van der Waals surface area contributed by atoms with Crippen LogP contribution < -0.4 is 10.6 Å². The molecule has 1 aliphatic heterocycles. The number of allylic oxidation sites excluding steroid dienone is 1. The Bertz CT molecular complexity index is 1340. The molecule has 0 saturated heterocycles. The summed E-state index contributed by atoms with van der Waals surface area (Å²) in [5.41, 5.74) is 5.07. The van der Waals surface area contributed by atoms with Crippen LogP contribution >= 0.6 is 0 Å². The van der Waals surface area contributed by atoms with Crippen LogP contribution in [0.3, 0.4) is 0 Å². The Morgan fingerprint density at radius 3 is 2.47 bits per heavy atom. The minimum absolute atomic E-state index is 0.210. The number of aromatic nitrogens is 4. The number of rotatable bonds is 5. The van der Waals surface area contributed by atoms with Crippen molar-refractivity contribution < 1.29 is 4.79 Å². The lowest BCUT2D eigenvalue weighted by atomic mass is 9.93. The monoisotopic (exact) mass is 450 g/mol. The quantitative estimate of drug-likeness (QED) is 0.426. The molecule has 0 radical (unpaired) electrons. The molecule has 3 heterocycles. The van der Waals surface area contributed by atoms with Crippen LogP contribution in [0, 0.1) is 0 Å². The predicted molar refractivity (Wildman–Crippen MR) is 133 cm³/mol. The molecular weight excluding hydrogens is 424 g/mol. The maximum atomic E-state index is 13.5. The summed E-state index contributed by atoms with van der Waals surface area (Å²) in [5.74, 6) is 1.42. The van der Waals surface area contributed by atoms with Crippen molar-refractivity contribution in [2.75, 3.05) is 10.6 Å². The Morgan fingerprint density at radius 2 is 1.79 bits per heavy atom. The first-order valence-electron chi connectivity index (χ1n) is 11.3. The molecule has 34 heavy (non-hydrogen) atoms. The summed E-state index contributed by atoms with van der Waals surface area (Å²) in [7, 11) is 0. The Morgan fingerprint density at radius 1 is 1.03 bits per heavy atom. The van der Waals surface area contributed by atoms with Crippen LogP contribution in [0.4, 0.5) is 11.6 Å². The molecule has 2 aromatic heterocycles. The van der Waals surface area contributed by atoms with Crippen molar-refractivity contribution in [3.8, 4) is 11.4 Å². The highest BCUT2D eigenvalue weighted by molar-refractivity contribution is 6.05. The molecule has 0 aliphatic carbocycles. The van der Waals surface area contributed by atoms with Gasteiger partial charge in [-0.25, -0.2) is 4.68 Å². The van der Waals surface area contributed by atoms with Crippen molar-refractivity contribution in [2.24, 2.45) is 0 Å². The molecule has 7 nitrogen and oxygen atoms in total. The molecular formula is C27H26N6O. The zero-order valence-electron chi connectivity index (χ0n) is 19.4. The predicted octanol–water partition coefficient (Wildman–Crippen LogP) is 5.39. The molecule has 7 heteroatoms. The summed E-state index contributed by atoms with van der Waals surface area (Å²) in [6, 6.07) is 21.4. The minimum atomic E-state index is -0.431. The van der Waals surface area contributed by atoms with Crippen LogP contribution in [0.2, 0.25) is 0 Å². The highest BCUT2D eigenvalue weighted by atomic mass is 16.1.